The number of anilines is 1. The summed E-state index contributed by atoms with van der Waals surface area (Å²) in [6.07, 6.45) is 4.20. The largest absolute Gasteiger partial charge is 0.481 e. The number of pyridine rings is 1. The van der Waals surface area contributed by atoms with Crippen molar-refractivity contribution in [2.75, 3.05) is 19.0 Å². The highest BCUT2D eigenvalue weighted by atomic mass is 79.9. The summed E-state index contributed by atoms with van der Waals surface area (Å²) in [6, 6.07) is 5.72. The Hall–Kier alpha value is -1.69. The second-order valence-corrected chi connectivity index (χ2v) is 4.49. The molecule has 2 aromatic rings. The molecule has 2 heterocycles. The molecule has 0 amide bonds. The molecule has 2 rings (SSSR count). The highest BCUT2D eigenvalue weighted by Gasteiger charge is 1.99. The smallest absolute Gasteiger partial charge is 0.222 e. The number of methoxy groups -OCH3 is 1. The number of aromatic nitrogens is 3. The van der Waals surface area contributed by atoms with Crippen molar-refractivity contribution >= 4 is 21.9 Å². The molecule has 0 bridgehead atoms. The van der Waals surface area contributed by atoms with Crippen molar-refractivity contribution in [1.82, 2.24) is 15.0 Å². The topological polar surface area (TPSA) is 59.9 Å². The first-order chi connectivity index (χ1) is 8.78. The summed E-state index contributed by atoms with van der Waals surface area (Å²) < 4.78 is 5.93. The van der Waals surface area contributed by atoms with E-state index in [2.05, 4.69) is 36.2 Å². The van der Waals surface area contributed by atoms with E-state index < -0.39 is 0 Å². The van der Waals surface area contributed by atoms with Crippen molar-refractivity contribution in [3.05, 3.63) is 40.8 Å². The van der Waals surface area contributed by atoms with E-state index in [1.54, 1.807) is 19.5 Å². The Morgan fingerprint density at radius 3 is 2.78 bits per heavy atom. The van der Waals surface area contributed by atoms with Gasteiger partial charge in [0.15, 0.2) is 0 Å². The zero-order chi connectivity index (χ0) is 12.8. The summed E-state index contributed by atoms with van der Waals surface area (Å²) in [4.78, 5) is 12.6. The zero-order valence-electron chi connectivity index (χ0n) is 9.93. The van der Waals surface area contributed by atoms with E-state index in [-0.39, 0.29) is 0 Å². The molecule has 18 heavy (non-hydrogen) atoms. The Morgan fingerprint density at radius 1 is 1.28 bits per heavy atom. The monoisotopic (exact) mass is 308 g/mol. The molecule has 0 aromatic carbocycles. The zero-order valence-corrected chi connectivity index (χ0v) is 11.5. The second kappa shape index (κ2) is 6.30. The van der Waals surface area contributed by atoms with Crippen LogP contribution in [0.5, 0.6) is 5.88 Å². The molecule has 5 nitrogen and oxygen atoms in total. The predicted octanol–water partition coefficient (Wildman–Crippen LogP) is 2.30. The molecule has 0 aliphatic rings. The molecule has 6 heteroatoms. The van der Waals surface area contributed by atoms with Gasteiger partial charge in [-0.15, -0.1) is 0 Å². The summed E-state index contributed by atoms with van der Waals surface area (Å²) in [6.45, 7) is 0.724. The van der Waals surface area contributed by atoms with Gasteiger partial charge in [-0.25, -0.2) is 15.0 Å². The summed E-state index contributed by atoms with van der Waals surface area (Å²) in [5, 5.41) is 3.13. The third-order valence-electron chi connectivity index (χ3n) is 2.27. The van der Waals surface area contributed by atoms with E-state index in [4.69, 9.17) is 4.74 Å². The lowest BCUT2D eigenvalue weighted by Gasteiger charge is -2.05. The molecular formula is C12H13BrN4O. The molecule has 0 radical (unpaired) electrons. The third kappa shape index (κ3) is 3.66. The van der Waals surface area contributed by atoms with Gasteiger partial charge in [0.05, 0.1) is 11.6 Å². The Bertz CT molecular complexity index is 504. The highest BCUT2D eigenvalue weighted by Crippen LogP contribution is 2.08. The predicted molar refractivity (Wildman–Crippen MR) is 72.7 cm³/mol. The number of rotatable bonds is 5. The van der Waals surface area contributed by atoms with Crippen LogP contribution in [0, 0.1) is 0 Å². The molecule has 2 aromatic heterocycles. The van der Waals surface area contributed by atoms with Gasteiger partial charge in [-0.1, -0.05) is 6.07 Å². The summed E-state index contributed by atoms with van der Waals surface area (Å²) in [7, 11) is 1.61. The van der Waals surface area contributed by atoms with E-state index in [1.165, 1.54) is 0 Å². The van der Waals surface area contributed by atoms with Crippen LogP contribution in [0.15, 0.2) is 35.1 Å². The van der Waals surface area contributed by atoms with Crippen LogP contribution in [0.4, 0.5) is 5.95 Å². The van der Waals surface area contributed by atoms with Gasteiger partial charge in [-0.05, 0) is 22.0 Å². The maximum Gasteiger partial charge on any atom is 0.222 e. The number of nitrogens with one attached hydrogen (secondary N) is 1. The first-order valence-electron chi connectivity index (χ1n) is 5.49. The molecule has 0 aliphatic heterocycles. The van der Waals surface area contributed by atoms with Crippen molar-refractivity contribution < 1.29 is 4.74 Å². The minimum atomic E-state index is 0.612. The van der Waals surface area contributed by atoms with E-state index in [9.17, 15) is 0 Å². The lowest BCUT2D eigenvalue weighted by molar-refractivity contribution is 0.396. The Kier molecular flexibility index (Phi) is 4.46. The standard InChI is InChI=1S/C12H13BrN4O/c1-18-11-4-2-3-10(17-11)5-6-14-12-15-7-9(13)8-16-12/h2-4,7-8H,5-6H2,1H3,(H,14,15,16). The van der Waals surface area contributed by atoms with Gasteiger partial charge >= 0.3 is 0 Å². The van der Waals surface area contributed by atoms with Crippen molar-refractivity contribution in [3.63, 3.8) is 0 Å². The summed E-state index contributed by atoms with van der Waals surface area (Å²) in [5.41, 5.74) is 0.971. The van der Waals surface area contributed by atoms with Crippen LogP contribution in [0.3, 0.4) is 0 Å². The molecule has 0 saturated carbocycles. The van der Waals surface area contributed by atoms with Crippen molar-refractivity contribution in [1.29, 1.82) is 0 Å². The lowest BCUT2D eigenvalue weighted by Crippen LogP contribution is -2.08. The molecule has 0 unspecified atom stereocenters. The molecule has 1 N–H and O–H groups in total. The first-order valence-corrected chi connectivity index (χ1v) is 6.28. The number of ether oxygens (including phenoxy) is 1. The quantitative estimate of drug-likeness (QED) is 0.918. The van der Waals surface area contributed by atoms with Crippen LogP contribution in [-0.4, -0.2) is 28.6 Å². The molecule has 0 spiro atoms. The van der Waals surface area contributed by atoms with Gasteiger partial charge in [0, 0.05) is 37.1 Å². The fourth-order valence-electron chi connectivity index (χ4n) is 1.42. The van der Waals surface area contributed by atoms with Gasteiger partial charge < -0.3 is 10.1 Å². The van der Waals surface area contributed by atoms with E-state index >= 15 is 0 Å². The fraction of sp³-hybridized carbons (Fsp3) is 0.250. The Balaban J connectivity index is 1.86. The number of halogens is 1. The summed E-state index contributed by atoms with van der Waals surface area (Å²) >= 11 is 3.29. The molecule has 0 aliphatic carbocycles. The minimum Gasteiger partial charge on any atom is -0.481 e. The SMILES string of the molecule is COc1cccc(CCNc2ncc(Br)cn2)n1. The van der Waals surface area contributed by atoms with Crippen LogP contribution in [-0.2, 0) is 6.42 Å². The molecule has 0 fully saturated rings. The number of nitrogens with zero attached hydrogens (tertiary/aromatic N) is 3. The summed E-state index contributed by atoms with van der Waals surface area (Å²) in [5.74, 6) is 1.24. The van der Waals surface area contributed by atoms with Crippen LogP contribution in [0.2, 0.25) is 0 Å². The maximum absolute atomic E-state index is 5.07. The number of hydrogen-bond donors (Lipinski definition) is 1. The van der Waals surface area contributed by atoms with Gasteiger partial charge in [0.25, 0.3) is 0 Å². The van der Waals surface area contributed by atoms with Gasteiger partial charge in [-0.2, -0.15) is 0 Å². The van der Waals surface area contributed by atoms with E-state index in [1.807, 2.05) is 18.2 Å². The Labute approximate surface area is 114 Å². The molecular weight excluding hydrogens is 296 g/mol. The molecule has 0 saturated heterocycles. The van der Waals surface area contributed by atoms with Crippen LogP contribution >= 0.6 is 15.9 Å². The third-order valence-corrected chi connectivity index (χ3v) is 2.68. The minimum absolute atomic E-state index is 0.612. The Morgan fingerprint density at radius 2 is 2.06 bits per heavy atom. The van der Waals surface area contributed by atoms with Crippen molar-refractivity contribution in [2.24, 2.45) is 0 Å². The number of hydrogen-bond acceptors (Lipinski definition) is 5. The van der Waals surface area contributed by atoms with Gasteiger partial charge in [-0.3, -0.25) is 0 Å². The van der Waals surface area contributed by atoms with Crippen molar-refractivity contribution in [2.45, 2.75) is 6.42 Å². The second-order valence-electron chi connectivity index (χ2n) is 3.57. The van der Waals surface area contributed by atoms with Crippen LogP contribution in [0.25, 0.3) is 0 Å². The van der Waals surface area contributed by atoms with Crippen LogP contribution < -0.4 is 10.1 Å². The first kappa shape index (κ1) is 12.8. The highest BCUT2D eigenvalue weighted by molar-refractivity contribution is 9.10. The molecule has 94 valence electrons. The maximum atomic E-state index is 5.07. The average molecular weight is 309 g/mol. The fourth-order valence-corrected chi connectivity index (χ4v) is 1.62. The van der Waals surface area contributed by atoms with E-state index in [0.717, 1.165) is 23.1 Å². The molecule has 0 atom stereocenters. The van der Waals surface area contributed by atoms with Crippen molar-refractivity contribution in [3.8, 4) is 5.88 Å². The van der Waals surface area contributed by atoms with Crippen LogP contribution in [0.1, 0.15) is 5.69 Å². The van der Waals surface area contributed by atoms with Gasteiger partial charge in [0.2, 0.25) is 11.8 Å². The van der Waals surface area contributed by atoms with E-state index in [0.29, 0.717) is 11.8 Å². The normalized spacial score (nSPS) is 10.1. The lowest BCUT2D eigenvalue weighted by atomic mass is 10.3. The average Bonchev–Trinajstić information content (AvgIpc) is 2.41. The van der Waals surface area contributed by atoms with Gasteiger partial charge in [0.1, 0.15) is 0 Å².